The molecule has 0 bridgehead atoms. The summed E-state index contributed by atoms with van der Waals surface area (Å²) in [6.07, 6.45) is 0. The van der Waals surface area contributed by atoms with E-state index >= 15 is 0 Å². The third-order valence-electron chi connectivity index (χ3n) is 4.65. The van der Waals surface area contributed by atoms with Crippen molar-refractivity contribution >= 4 is 10.9 Å². The number of H-pyrrole nitrogens is 1. The van der Waals surface area contributed by atoms with Crippen LogP contribution in [-0.2, 0) is 11.3 Å². The van der Waals surface area contributed by atoms with Crippen molar-refractivity contribution < 1.29 is 9.64 Å². The summed E-state index contributed by atoms with van der Waals surface area (Å²) >= 11 is 0. The minimum absolute atomic E-state index is 0.184. The van der Waals surface area contributed by atoms with E-state index < -0.39 is 0 Å². The Balaban J connectivity index is 2.07. The molecule has 1 aliphatic heterocycles. The molecule has 0 unspecified atom stereocenters. The molecule has 0 aliphatic carbocycles. The second-order valence-electron chi connectivity index (χ2n) is 6.03. The molecule has 1 saturated heterocycles. The number of aromatic nitrogens is 1. The number of hydrogen-bond acceptors (Lipinski definition) is 2. The van der Waals surface area contributed by atoms with Crippen LogP contribution in [0.2, 0.25) is 0 Å². The van der Waals surface area contributed by atoms with Crippen molar-refractivity contribution in [2.75, 3.05) is 26.3 Å². The van der Waals surface area contributed by atoms with Gasteiger partial charge in [0.25, 0.3) is 0 Å². The number of quaternary nitrogens is 1. The zero-order chi connectivity index (χ0) is 15.0. The van der Waals surface area contributed by atoms with E-state index in [0.29, 0.717) is 0 Å². The van der Waals surface area contributed by atoms with Gasteiger partial charge in [-0.25, -0.2) is 0 Å². The first-order valence-electron chi connectivity index (χ1n) is 7.61. The van der Waals surface area contributed by atoms with Crippen molar-refractivity contribution in [3.05, 3.63) is 44.7 Å². The van der Waals surface area contributed by atoms with E-state index in [1.54, 1.807) is 0 Å². The van der Waals surface area contributed by atoms with Gasteiger partial charge in [-0.05, 0) is 38.0 Å². The summed E-state index contributed by atoms with van der Waals surface area (Å²) < 4.78 is 5.39. The standard InChI is InChI=1S/C17H22N2O2/c1-11-4-5-14-16(12(11)2)18-13(3)15(17(14)20)10-19-6-8-21-9-7-19/h4-5H,6-10H2,1-3H3,(H,18,20)/p+1. The van der Waals surface area contributed by atoms with Crippen LogP contribution >= 0.6 is 0 Å². The summed E-state index contributed by atoms with van der Waals surface area (Å²) in [5.41, 5.74) is 5.46. The van der Waals surface area contributed by atoms with Crippen LogP contribution in [0.25, 0.3) is 10.9 Å². The van der Waals surface area contributed by atoms with Crippen molar-refractivity contribution in [3.8, 4) is 0 Å². The zero-order valence-electron chi connectivity index (χ0n) is 13.0. The lowest BCUT2D eigenvalue weighted by Crippen LogP contribution is -3.13. The largest absolute Gasteiger partial charge is 0.370 e. The summed E-state index contributed by atoms with van der Waals surface area (Å²) in [4.78, 5) is 17.7. The Kier molecular flexibility index (Phi) is 3.83. The normalized spacial score (nSPS) is 16.5. The fourth-order valence-corrected chi connectivity index (χ4v) is 3.06. The van der Waals surface area contributed by atoms with E-state index in [-0.39, 0.29) is 5.43 Å². The lowest BCUT2D eigenvalue weighted by molar-refractivity contribution is -0.921. The molecule has 4 nitrogen and oxygen atoms in total. The van der Waals surface area contributed by atoms with E-state index in [1.165, 1.54) is 10.5 Å². The van der Waals surface area contributed by atoms with Crippen LogP contribution in [0.3, 0.4) is 0 Å². The number of ether oxygens (including phenoxy) is 1. The highest BCUT2D eigenvalue weighted by Gasteiger charge is 2.19. The molecule has 21 heavy (non-hydrogen) atoms. The fraction of sp³-hybridized carbons (Fsp3) is 0.471. The number of morpholine rings is 1. The Bertz CT molecular complexity index is 728. The minimum atomic E-state index is 0.184. The minimum Gasteiger partial charge on any atom is -0.370 e. The number of aryl methyl sites for hydroxylation is 3. The summed E-state index contributed by atoms with van der Waals surface area (Å²) in [5.74, 6) is 0. The average Bonchev–Trinajstić information content (AvgIpc) is 2.49. The maximum absolute atomic E-state index is 12.8. The second-order valence-corrected chi connectivity index (χ2v) is 6.03. The Morgan fingerprint density at radius 1 is 1.19 bits per heavy atom. The molecule has 0 radical (unpaired) electrons. The fourth-order valence-electron chi connectivity index (χ4n) is 3.06. The van der Waals surface area contributed by atoms with Crippen LogP contribution in [0.4, 0.5) is 0 Å². The maximum atomic E-state index is 12.8. The summed E-state index contributed by atoms with van der Waals surface area (Å²) in [6.45, 7) is 10.5. The third kappa shape index (κ3) is 2.61. The molecular formula is C17H23N2O2+. The molecule has 2 N–H and O–H groups in total. The number of rotatable bonds is 2. The second kappa shape index (κ2) is 5.62. The molecule has 1 aromatic heterocycles. The van der Waals surface area contributed by atoms with Gasteiger partial charge in [-0.2, -0.15) is 0 Å². The Morgan fingerprint density at radius 3 is 2.62 bits per heavy atom. The molecule has 0 spiro atoms. The van der Waals surface area contributed by atoms with Crippen molar-refractivity contribution in [1.82, 2.24) is 4.98 Å². The van der Waals surface area contributed by atoms with Gasteiger partial charge < -0.3 is 14.6 Å². The van der Waals surface area contributed by atoms with Crippen molar-refractivity contribution in [3.63, 3.8) is 0 Å². The number of hydrogen-bond donors (Lipinski definition) is 2. The van der Waals surface area contributed by atoms with Gasteiger partial charge in [0, 0.05) is 11.1 Å². The zero-order valence-corrected chi connectivity index (χ0v) is 13.0. The Labute approximate surface area is 124 Å². The summed E-state index contributed by atoms with van der Waals surface area (Å²) in [7, 11) is 0. The molecule has 2 aromatic rings. The van der Waals surface area contributed by atoms with Gasteiger partial charge in [0.2, 0.25) is 0 Å². The van der Waals surface area contributed by atoms with Gasteiger partial charge in [-0.3, -0.25) is 4.79 Å². The van der Waals surface area contributed by atoms with E-state index in [4.69, 9.17) is 4.74 Å². The van der Waals surface area contributed by atoms with E-state index in [1.807, 2.05) is 19.1 Å². The van der Waals surface area contributed by atoms with Gasteiger partial charge in [0.05, 0.1) is 24.3 Å². The van der Waals surface area contributed by atoms with Crippen LogP contribution in [0.1, 0.15) is 22.4 Å². The topological polar surface area (TPSA) is 46.5 Å². The number of pyridine rings is 1. The molecule has 0 amide bonds. The van der Waals surface area contributed by atoms with Gasteiger partial charge >= 0.3 is 0 Å². The molecule has 1 fully saturated rings. The van der Waals surface area contributed by atoms with E-state index in [9.17, 15) is 4.79 Å². The molecule has 1 aliphatic rings. The van der Waals surface area contributed by atoms with Crippen LogP contribution in [0, 0.1) is 20.8 Å². The number of aromatic amines is 1. The summed E-state index contributed by atoms with van der Waals surface area (Å²) in [5, 5.41) is 0.811. The first kappa shape index (κ1) is 14.3. The molecule has 3 rings (SSSR count). The number of benzene rings is 1. The lowest BCUT2D eigenvalue weighted by atomic mass is 10.0. The smallest absolute Gasteiger partial charge is 0.198 e. The van der Waals surface area contributed by atoms with Gasteiger partial charge in [-0.15, -0.1) is 0 Å². The Morgan fingerprint density at radius 2 is 1.90 bits per heavy atom. The molecule has 4 heteroatoms. The Hall–Kier alpha value is -1.65. The highest BCUT2D eigenvalue weighted by molar-refractivity contribution is 5.83. The van der Waals surface area contributed by atoms with E-state index in [2.05, 4.69) is 18.8 Å². The first-order valence-corrected chi connectivity index (χ1v) is 7.61. The molecular weight excluding hydrogens is 264 g/mol. The van der Waals surface area contributed by atoms with Crippen LogP contribution < -0.4 is 10.3 Å². The number of nitrogens with one attached hydrogen (secondary N) is 2. The molecule has 0 atom stereocenters. The van der Waals surface area contributed by atoms with Gasteiger partial charge in [-0.1, -0.05) is 6.07 Å². The van der Waals surface area contributed by atoms with Gasteiger partial charge in [0.1, 0.15) is 19.6 Å². The van der Waals surface area contributed by atoms with E-state index in [0.717, 1.165) is 60.6 Å². The molecule has 112 valence electrons. The maximum Gasteiger partial charge on any atom is 0.198 e. The molecule has 0 saturated carbocycles. The van der Waals surface area contributed by atoms with Crippen LogP contribution in [0.15, 0.2) is 16.9 Å². The monoisotopic (exact) mass is 287 g/mol. The van der Waals surface area contributed by atoms with Crippen LogP contribution in [-0.4, -0.2) is 31.3 Å². The molecule has 2 heterocycles. The number of fused-ring (bicyclic) bond motifs is 1. The summed E-state index contributed by atoms with van der Waals surface area (Å²) in [6, 6.07) is 3.99. The molecule has 1 aromatic carbocycles. The van der Waals surface area contributed by atoms with Crippen molar-refractivity contribution in [2.24, 2.45) is 0 Å². The quantitative estimate of drug-likeness (QED) is 0.861. The highest BCUT2D eigenvalue weighted by atomic mass is 16.5. The average molecular weight is 287 g/mol. The predicted molar refractivity (Wildman–Crippen MR) is 84.0 cm³/mol. The van der Waals surface area contributed by atoms with Gasteiger partial charge in [0.15, 0.2) is 5.43 Å². The SMILES string of the molecule is Cc1ccc2c(=O)c(C[NH+]3CCOCC3)c(C)[nH]c2c1C. The van der Waals surface area contributed by atoms with Crippen molar-refractivity contribution in [2.45, 2.75) is 27.3 Å². The van der Waals surface area contributed by atoms with Crippen molar-refractivity contribution in [1.29, 1.82) is 0 Å². The predicted octanol–water partition coefficient (Wildman–Crippen LogP) is 0.868. The third-order valence-corrected chi connectivity index (χ3v) is 4.65. The highest BCUT2D eigenvalue weighted by Crippen LogP contribution is 2.18. The van der Waals surface area contributed by atoms with Crippen LogP contribution in [0.5, 0.6) is 0 Å². The first-order chi connectivity index (χ1) is 10.1. The lowest BCUT2D eigenvalue weighted by Gasteiger charge is -2.24.